The molecule has 4 rings (SSSR count). The molecule has 106 valence electrons. The Labute approximate surface area is 123 Å². The molecule has 0 atom stereocenters. The minimum absolute atomic E-state index is 0.0752. The number of fused-ring (bicyclic) bond motifs is 1. The maximum atomic E-state index is 12.5. The smallest absolute Gasteiger partial charge is 0.275 e. The number of pyridine rings is 1. The van der Waals surface area contributed by atoms with Crippen LogP contribution in [0.4, 0.5) is 0 Å². The van der Waals surface area contributed by atoms with E-state index in [0.29, 0.717) is 6.54 Å². The van der Waals surface area contributed by atoms with E-state index in [4.69, 9.17) is 0 Å². The highest BCUT2D eigenvalue weighted by molar-refractivity contribution is 5.78. The number of hydrogen-bond acceptors (Lipinski definition) is 1. The second-order valence-corrected chi connectivity index (χ2v) is 6.00. The van der Waals surface area contributed by atoms with Crippen LogP contribution in [0.3, 0.4) is 0 Å². The lowest BCUT2D eigenvalue weighted by Gasteiger charge is -2.08. The monoisotopic (exact) mass is 278 g/mol. The Balaban J connectivity index is 1.68. The molecule has 0 amide bonds. The minimum Gasteiger partial charge on any atom is -0.346 e. The SMILES string of the molecule is Cn1ccc2ccn(Cc3ccc(C4CC4)cc3)c(=O)c21. The fourth-order valence-corrected chi connectivity index (χ4v) is 2.97. The number of nitrogens with zero attached hydrogens (tertiary/aromatic N) is 2. The van der Waals surface area contributed by atoms with Crippen LogP contribution in [0.5, 0.6) is 0 Å². The van der Waals surface area contributed by atoms with E-state index in [2.05, 4.69) is 24.3 Å². The van der Waals surface area contributed by atoms with Gasteiger partial charge in [-0.05, 0) is 42.0 Å². The molecule has 1 aliphatic carbocycles. The van der Waals surface area contributed by atoms with Gasteiger partial charge in [-0.1, -0.05) is 24.3 Å². The standard InChI is InChI=1S/C18H18N2O/c1-19-10-8-16-9-11-20(18(21)17(16)19)12-13-2-4-14(5-3-13)15-6-7-15/h2-5,8-11,15H,6-7,12H2,1H3. The van der Waals surface area contributed by atoms with E-state index in [1.54, 1.807) is 4.57 Å². The van der Waals surface area contributed by atoms with Crippen molar-refractivity contribution in [3.05, 3.63) is 70.3 Å². The molecule has 0 aliphatic heterocycles. The Morgan fingerprint density at radius 3 is 2.48 bits per heavy atom. The molecule has 0 bridgehead atoms. The molecule has 0 spiro atoms. The lowest BCUT2D eigenvalue weighted by molar-refractivity contribution is 0.760. The van der Waals surface area contributed by atoms with Gasteiger partial charge in [0.2, 0.25) is 0 Å². The van der Waals surface area contributed by atoms with Crippen molar-refractivity contribution in [1.82, 2.24) is 9.13 Å². The zero-order valence-electron chi connectivity index (χ0n) is 12.1. The molecule has 1 aromatic carbocycles. The number of rotatable bonds is 3. The summed E-state index contributed by atoms with van der Waals surface area (Å²) in [5, 5.41) is 1.00. The molecule has 3 heteroatoms. The van der Waals surface area contributed by atoms with Crippen molar-refractivity contribution in [1.29, 1.82) is 0 Å². The summed E-state index contributed by atoms with van der Waals surface area (Å²) < 4.78 is 3.68. The average molecular weight is 278 g/mol. The highest BCUT2D eigenvalue weighted by Gasteiger charge is 2.22. The number of aryl methyl sites for hydroxylation is 1. The molecule has 3 nitrogen and oxygen atoms in total. The summed E-state index contributed by atoms with van der Waals surface area (Å²) in [6.07, 6.45) is 6.46. The van der Waals surface area contributed by atoms with Gasteiger partial charge >= 0.3 is 0 Å². The van der Waals surface area contributed by atoms with Crippen LogP contribution in [0.1, 0.15) is 29.9 Å². The molecule has 1 aliphatic rings. The van der Waals surface area contributed by atoms with Crippen LogP contribution in [-0.4, -0.2) is 9.13 Å². The molecule has 21 heavy (non-hydrogen) atoms. The third kappa shape index (κ3) is 2.19. The fraction of sp³-hybridized carbons (Fsp3) is 0.278. The van der Waals surface area contributed by atoms with Crippen LogP contribution in [0.2, 0.25) is 0 Å². The topological polar surface area (TPSA) is 26.9 Å². The zero-order valence-corrected chi connectivity index (χ0v) is 12.1. The lowest BCUT2D eigenvalue weighted by Crippen LogP contribution is -2.21. The Hall–Kier alpha value is -2.29. The first-order valence-electron chi connectivity index (χ1n) is 7.46. The molecular weight excluding hydrogens is 260 g/mol. The van der Waals surface area contributed by atoms with Crippen LogP contribution in [0.15, 0.2) is 53.6 Å². The normalized spacial score (nSPS) is 14.7. The first kappa shape index (κ1) is 12.5. The highest BCUT2D eigenvalue weighted by atomic mass is 16.1. The maximum absolute atomic E-state index is 12.5. The zero-order chi connectivity index (χ0) is 14.4. The predicted octanol–water partition coefficient (Wildman–Crippen LogP) is 3.27. The van der Waals surface area contributed by atoms with E-state index in [-0.39, 0.29) is 5.56 Å². The predicted molar refractivity (Wildman–Crippen MR) is 84.7 cm³/mol. The van der Waals surface area contributed by atoms with E-state index in [0.717, 1.165) is 16.8 Å². The van der Waals surface area contributed by atoms with E-state index in [1.165, 1.54) is 24.0 Å². The van der Waals surface area contributed by atoms with Gasteiger partial charge in [0.25, 0.3) is 5.56 Å². The summed E-state index contributed by atoms with van der Waals surface area (Å²) in [4.78, 5) is 12.5. The summed E-state index contributed by atoms with van der Waals surface area (Å²) in [5.74, 6) is 0.779. The van der Waals surface area contributed by atoms with E-state index in [1.807, 2.05) is 36.1 Å². The third-order valence-corrected chi connectivity index (χ3v) is 4.38. The maximum Gasteiger partial charge on any atom is 0.275 e. The minimum atomic E-state index is 0.0752. The van der Waals surface area contributed by atoms with E-state index in [9.17, 15) is 4.79 Å². The van der Waals surface area contributed by atoms with Gasteiger partial charge in [-0.2, -0.15) is 0 Å². The Bertz CT molecular complexity index is 851. The fourth-order valence-electron chi connectivity index (χ4n) is 2.97. The van der Waals surface area contributed by atoms with Gasteiger partial charge in [-0.15, -0.1) is 0 Å². The van der Waals surface area contributed by atoms with E-state index >= 15 is 0 Å². The van der Waals surface area contributed by atoms with Gasteiger partial charge in [0.05, 0.1) is 6.54 Å². The van der Waals surface area contributed by atoms with Crippen molar-refractivity contribution >= 4 is 10.9 Å². The van der Waals surface area contributed by atoms with Crippen LogP contribution in [0.25, 0.3) is 10.9 Å². The van der Waals surface area contributed by atoms with Gasteiger partial charge in [0.1, 0.15) is 5.52 Å². The Morgan fingerprint density at radius 1 is 1.05 bits per heavy atom. The van der Waals surface area contributed by atoms with Crippen molar-refractivity contribution in [3.8, 4) is 0 Å². The number of benzene rings is 1. The molecule has 1 fully saturated rings. The number of aromatic nitrogens is 2. The Morgan fingerprint density at radius 2 is 1.76 bits per heavy atom. The Kier molecular flexibility index (Phi) is 2.74. The van der Waals surface area contributed by atoms with Crippen LogP contribution in [0, 0.1) is 0 Å². The second kappa shape index (κ2) is 4.62. The molecule has 1 saturated carbocycles. The lowest BCUT2D eigenvalue weighted by atomic mass is 10.1. The van der Waals surface area contributed by atoms with Crippen molar-refractivity contribution in [2.45, 2.75) is 25.3 Å². The first-order valence-corrected chi connectivity index (χ1v) is 7.46. The van der Waals surface area contributed by atoms with E-state index < -0.39 is 0 Å². The van der Waals surface area contributed by atoms with Crippen LogP contribution >= 0.6 is 0 Å². The molecule has 0 saturated heterocycles. The molecule has 0 unspecified atom stereocenters. The van der Waals surface area contributed by atoms with Gasteiger partial charge in [0, 0.05) is 24.8 Å². The summed E-state index contributed by atoms with van der Waals surface area (Å²) in [6, 6.07) is 12.7. The largest absolute Gasteiger partial charge is 0.346 e. The summed E-state index contributed by atoms with van der Waals surface area (Å²) in [6.45, 7) is 0.630. The van der Waals surface area contributed by atoms with Crippen molar-refractivity contribution in [3.63, 3.8) is 0 Å². The van der Waals surface area contributed by atoms with Gasteiger partial charge in [-0.25, -0.2) is 0 Å². The first-order chi connectivity index (χ1) is 10.2. The van der Waals surface area contributed by atoms with Gasteiger partial charge in [-0.3, -0.25) is 4.79 Å². The quantitative estimate of drug-likeness (QED) is 0.722. The van der Waals surface area contributed by atoms with Crippen molar-refractivity contribution in [2.75, 3.05) is 0 Å². The molecule has 0 radical (unpaired) electrons. The second-order valence-electron chi connectivity index (χ2n) is 6.00. The highest BCUT2D eigenvalue weighted by Crippen LogP contribution is 2.39. The van der Waals surface area contributed by atoms with Gasteiger partial charge in [0.15, 0.2) is 0 Å². The molecule has 3 aromatic rings. The molecule has 0 N–H and O–H groups in total. The molecule has 2 aromatic heterocycles. The van der Waals surface area contributed by atoms with Crippen LogP contribution in [-0.2, 0) is 13.6 Å². The summed E-state index contributed by atoms with van der Waals surface area (Å²) in [5.41, 5.74) is 3.46. The average Bonchev–Trinajstić information content (AvgIpc) is 3.27. The molecular formula is C18H18N2O. The summed E-state index contributed by atoms with van der Waals surface area (Å²) in [7, 11) is 1.92. The summed E-state index contributed by atoms with van der Waals surface area (Å²) >= 11 is 0. The van der Waals surface area contributed by atoms with Crippen molar-refractivity contribution < 1.29 is 0 Å². The molecule has 2 heterocycles. The van der Waals surface area contributed by atoms with Gasteiger partial charge < -0.3 is 9.13 Å². The number of hydrogen-bond donors (Lipinski definition) is 0. The van der Waals surface area contributed by atoms with Crippen LogP contribution < -0.4 is 5.56 Å². The van der Waals surface area contributed by atoms with Crippen molar-refractivity contribution in [2.24, 2.45) is 7.05 Å². The third-order valence-electron chi connectivity index (χ3n) is 4.38.